The van der Waals surface area contributed by atoms with Crippen molar-refractivity contribution in [3.05, 3.63) is 39.5 Å². The molecule has 108 valence electrons. The Kier molecular flexibility index (Phi) is 5.25. The van der Waals surface area contributed by atoms with E-state index in [1.165, 1.54) is 24.0 Å². The van der Waals surface area contributed by atoms with E-state index in [1.807, 2.05) is 0 Å². The van der Waals surface area contributed by atoms with Crippen LogP contribution in [0.15, 0.2) is 22.9 Å². The van der Waals surface area contributed by atoms with Crippen molar-refractivity contribution < 1.29 is 13.9 Å². The first kappa shape index (κ1) is 15.1. The smallest absolute Gasteiger partial charge is 0.261 e. The molecule has 0 aromatic carbocycles. The van der Waals surface area contributed by atoms with Gasteiger partial charge in [-0.05, 0) is 13.0 Å². The van der Waals surface area contributed by atoms with Crippen LogP contribution < -0.4 is 5.32 Å². The number of rotatable bonds is 4. The SMILES string of the molecule is CC1=C(C(=O)NCCc2ncc(Cl)cc2F)SCCO1. The van der Waals surface area contributed by atoms with Gasteiger partial charge >= 0.3 is 0 Å². The molecule has 0 spiro atoms. The summed E-state index contributed by atoms with van der Waals surface area (Å²) >= 11 is 7.09. The minimum Gasteiger partial charge on any atom is -0.496 e. The molecule has 4 nitrogen and oxygen atoms in total. The van der Waals surface area contributed by atoms with Gasteiger partial charge in [0.15, 0.2) is 0 Å². The fourth-order valence-corrected chi connectivity index (χ4v) is 2.71. The Morgan fingerprint density at radius 1 is 1.65 bits per heavy atom. The molecule has 0 saturated heterocycles. The fourth-order valence-electron chi connectivity index (χ4n) is 1.73. The van der Waals surface area contributed by atoms with Crippen LogP contribution in [0.25, 0.3) is 0 Å². The highest BCUT2D eigenvalue weighted by Gasteiger charge is 2.18. The highest BCUT2D eigenvalue weighted by molar-refractivity contribution is 8.04. The molecule has 0 atom stereocenters. The van der Waals surface area contributed by atoms with Gasteiger partial charge in [-0.25, -0.2) is 4.39 Å². The van der Waals surface area contributed by atoms with Gasteiger partial charge < -0.3 is 10.1 Å². The number of amides is 1. The van der Waals surface area contributed by atoms with Crippen LogP contribution in [0, 0.1) is 5.82 Å². The second kappa shape index (κ2) is 6.95. The fraction of sp³-hybridized carbons (Fsp3) is 0.385. The van der Waals surface area contributed by atoms with E-state index in [0.29, 0.717) is 30.2 Å². The average molecular weight is 317 g/mol. The molecule has 0 saturated carbocycles. The van der Waals surface area contributed by atoms with Crippen LogP contribution in [0.4, 0.5) is 4.39 Å². The summed E-state index contributed by atoms with van der Waals surface area (Å²) in [6.45, 7) is 2.69. The molecule has 0 bridgehead atoms. The zero-order valence-electron chi connectivity index (χ0n) is 10.9. The van der Waals surface area contributed by atoms with Crippen LogP contribution in [0.5, 0.6) is 0 Å². The number of carbonyl (C=O) groups excluding carboxylic acids is 1. The van der Waals surface area contributed by atoms with E-state index in [-0.39, 0.29) is 16.6 Å². The van der Waals surface area contributed by atoms with E-state index in [4.69, 9.17) is 16.3 Å². The predicted molar refractivity (Wildman–Crippen MR) is 77.0 cm³/mol. The van der Waals surface area contributed by atoms with Gasteiger partial charge in [0, 0.05) is 24.9 Å². The summed E-state index contributed by atoms with van der Waals surface area (Å²) in [5, 5.41) is 2.99. The number of hydrogen-bond acceptors (Lipinski definition) is 4. The molecule has 7 heteroatoms. The lowest BCUT2D eigenvalue weighted by molar-refractivity contribution is -0.117. The summed E-state index contributed by atoms with van der Waals surface area (Å²) in [5.74, 6) is 0.738. The van der Waals surface area contributed by atoms with Gasteiger partial charge in [-0.1, -0.05) is 11.6 Å². The molecule has 20 heavy (non-hydrogen) atoms. The number of halogens is 2. The quantitative estimate of drug-likeness (QED) is 0.927. The predicted octanol–water partition coefficient (Wildman–Crippen LogP) is 2.53. The van der Waals surface area contributed by atoms with Crippen molar-refractivity contribution in [1.29, 1.82) is 0 Å². The molecular weight excluding hydrogens is 303 g/mol. The summed E-state index contributed by atoms with van der Waals surface area (Å²) < 4.78 is 18.8. The maximum Gasteiger partial charge on any atom is 0.261 e. The molecule has 0 radical (unpaired) electrons. The number of carbonyl (C=O) groups is 1. The third-order valence-corrected chi connectivity index (χ3v) is 4.04. The number of hydrogen-bond donors (Lipinski definition) is 1. The van der Waals surface area contributed by atoms with Crippen molar-refractivity contribution in [2.24, 2.45) is 0 Å². The molecule has 1 aliphatic rings. The molecule has 1 N–H and O–H groups in total. The Balaban J connectivity index is 1.88. The first-order valence-corrected chi connectivity index (χ1v) is 7.49. The van der Waals surface area contributed by atoms with E-state index in [0.717, 1.165) is 5.75 Å². The van der Waals surface area contributed by atoms with Gasteiger partial charge in [0.05, 0.1) is 17.3 Å². The molecular formula is C13H14ClFN2O2S. The number of pyridine rings is 1. The van der Waals surface area contributed by atoms with E-state index in [2.05, 4.69) is 10.3 Å². The lowest BCUT2D eigenvalue weighted by atomic mass is 10.2. The Morgan fingerprint density at radius 2 is 2.45 bits per heavy atom. The summed E-state index contributed by atoms with van der Waals surface area (Å²) in [4.78, 5) is 16.4. The third kappa shape index (κ3) is 3.86. The van der Waals surface area contributed by atoms with Crippen LogP contribution >= 0.6 is 23.4 Å². The van der Waals surface area contributed by atoms with Crippen LogP contribution in [0.1, 0.15) is 12.6 Å². The second-order valence-electron chi connectivity index (χ2n) is 4.17. The van der Waals surface area contributed by atoms with Gasteiger partial charge in [0.25, 0.3) is 5.91 Å². The monoisotopic (exact) mass is 316 g/mol. The normalized spacial score (nSPS) is 14.9. The van der Waals surface area contributed by atoms with Crippen LogP contribution in [-0.4, -0.2) is 29.8 Å². The largest absolute Gasteiger partial charge is 0.496 e. The summed E-state index contributed by atoms with van der Waals surface area (Å²) in [7, 11) is 0. The van der Waals surface area contributed by atoms with Gasteiger partial charge in [-0.15, -0.1) is 11.8 Å². The first-order valence-electron chi connectivity index (χ1n) is 6.12. The van der Waals surface area contributed by atoms with Crippen molar-refractivity contribution in [3.8, 4) is 0 Å². The number of nitrogens with zero attached hydrogens (tertiary/aromatic N) is 1. The molecule has 1 aromatic rings. The highest BCUT2D eigenvalue weighted by Crippen LogP contribution is 2.25. The Morgan fingerprint density at radius 3 is 3.15 bits per heavy atom. The van der Waals surface area contributed by atoms with Gasteiger partial charge in [0.2, 0.25) is 0 Å². The van der Waals surface area contributed by atoms with Crippen LogP contribution in [-0.2, 0) is 16.0 Å². The van der Waals surface area contributed by atoms with E-state index < -0.39 is 5.82 Å². The third-order valence-electron chi connectivity index (χ3n) is 2.71. The Labute approximate surface area is 125 Å². The summed E-state index contributed by atoms with van der Waals surface area (Å²) in [6, 6.07) is 1.21. The summed E-state index contributed by atoms with van der Waals surface area (Å²) in [6.07, 6.45) is 1.70. The zero-order valence-corrected chi connectivity index (χ0v) is 12.5. The molecule has 2 heterocycles. The highest BCUT2D eigenvalue weighted by atomic mass is 35.5. The molecule has 0 aliphatic carbocycles. The minimum absolute atomic E-state index is 0.193. The van der Waals surface area contributed by atoms with Crippen LogP contribution in [0.2, 0.25) is 5.02 Å². The van der Waals surface area contributed by atoms with E-state index >= 15 is 0 Å². The van der Waals surface area contributed by atoms with Crippen LogP contribution in [0.3, 0.4) is 0 Å². The molecule has 0 unspecified atom stereocenters. The van der Waals surface area contributed by atoms with E-state index in [9.17, 15) is 9.18 Å². The number of allylic oxidation sites excluding steroid dienone is 1. The molecule has 1 aromatic heterocycles. The van der Waals surface area contributed by atoms with Gasteiger partial charge in [0.1, 0.15) is 16.5 Å². The topological polar surface area (TPSA) is 51.2 Å². The maximum atomic E-state index is 13.5. The number of thioether (sulfide) groups is 1. The number of ether oxygens (including phenoxy) is 1. The molecule has 1 amide bonds. The number of aromatic nitrogens is 1. The van der Waals surface area contributed by atoms with Gasteiger partial charge in [-0.3, -0.25) is 9.78 Å². The Hall–Kier alpha value is -1.27. The van der Waals surface area contributed by atoms with E-state index in [1.54, 1.807) is 6.92 Å². The summed E-state index contributed by atoms with van der Waals surface area (Å²) in [5.41, 5.74) is 0.285. The lowest BCUT2D eigenvalue weighted by Gasteiger charge is -2.17. The number of nitrogens with one attached hydrogen (secondary N) is 1. The zero-order chi connectivity index (χ0) is 14.5. The van der Waals surface area contributed by atoms with Gasteiger partial charge in [-0.2, -0.15) is 0 Å². The lowest BCUT2D eigenvalue weighted by Crippen LogP contribution is -2.28. The standard InChI is InChI=1S/C13H14ClFN2O2S/c1-8-12(20-5-4-19-8)13(18)16-3-2-11-10(15)6-9(14)7-17-11/h6-7H,2-5H2,1H3,(H,16,18). The van der Waals surface area contributed by atoms with Crippen molar-refractivity contribution in [2.75, 3.05) is 18.9 Å². The minimum atomic E-state index is -0.461. The van der Waals surface area contributed by atoms with Crippen molar-refractivity contribution in [3.63, 3.8) is 0 Å². The van der Waals surface area contributed by atoms with Crippen molar-refractivity contribution >= 4 is 29.3 Å². The molecule has 1 aliphatic heterocycles. The Bertz CT molecular complexity index is 551. The molecule has 2 rings (SSSR count). The molecule has 0 fully saturated rings. The average Bonchev–Trinajstić information content (AvgIpc) is 2.41. The van der Waals surface area contributed by atoms with Crippen molar-refractivity contribution in [2.45, 2.75) is 13.3 Å². The maximum absolute atomic E-state index is 13.5. The second-order valence-corrected chi connectivity index (χ2v) is 5.71. The first-order chi connectivity index (χ1) is 9.58. The van der Waals surface area contributed by atoms with Crippen molar-refractivity contribution in [1.82, 2.24) is 10.3 Å².